The zero-order chi connectivity index (χ0) is 20.7. The van der Waals surface area contributed by atoms with E-state index in [-0.39, 0.29) is 38.9 Å². The van der Waals surface area contributed by atoms with Crippen LogP contribution < -0.4 is 10.8 Å². The van der Waals surface area contributed by atoms with Crippen LogP contribution in [0.5, 0.6) is 0 Å². The lowest BCUT2D eigenvalue weighted by molar-refractivity contribution is -0.145. The first-order valence-corrected chi connectivity index (χ1v) is 7.90. The van der Waals surface area contributed by atoms with E-state index < -0.39 is 24.3 Å². The summed E-state index contributed by atoms with van der Waals surface area (Å²) < 4.78 is 24.7. The molecule has 0 aromatic rings. The molecule has 0 saturated carbocycles. The van der Waals surface area contributed by atoms with Crippen molar-refractivity contribution in [3.05, 3.63) is 24.5 Å². The average molecular weight is 390 g/mol. The van der Waals surface area contributed by atoms with Gasteiger partial charge in [-0.15, -0.1) is 5.48 Å². The van der Waals surface area contributed by atoms with Crippen molar-refractivity contribution in [2.75, 3.05) is 33.3 Å². The van der Waals surface area contributed by atoms with Crippen LogP contribution in [-0.4, -0.2) is 57.6 Å². The van der Waals surface area contributed by atoms with E-state index in [0.717, 1.165) is 0 Å². The zero-order valence-corrected chi connectivity index (χ0v) is 15.7. The third-order valence-electron chi connectivity index (χ3n) is 2.47. The number of carbonyl (C=O) groups is 3. The third kappa shape index (κ3) is 15.2. The molecule has 0 aliphatic carbocycles. The highest BCUT2D eigenvalue weighted by Crippen LogP contribution is 1.95. The van der Waals surface area contributed by atoms with Gasteiger partial charge < -0.3 is 33.8 Å². The summed E-state index contributed by atoms with van der Waals surface area (Å²) >= 11 is 0. The van der Waals surface area contributed by atoms with Crippen molar-refractivity contribution in [2.45, 2.75) is 26.9 Å². The second-order valence-electron chi connectivity index (χ2n) is 5.20. The first-order chi connectivity index (χ1) is 12.7. The molecule has 0 saturated heterocycles. The van der Waals surface area contributed by atoms with Gasteiger partial charge in [-0.1, -0.05) is 13.2 Å². The van der Waals surface area contributed by atoms with Crippen LogP contribution >= 0.6 is 0 Å². The minimum Gasteiger partial charge on any atom is -0.473 e. The Morgan fingerprint density at radius 3 is 2.33 bits per heavy atom. The van der Waals surface area contributed by atoms with Gasteiger partial charge in [-0.2, -0.15) is 0 Å². The van der Waals surface area contributed by atoms with Gasteiger partial charge in [-0.05, 0) is 20.8 Å². The maximum Gasteiger partial charge on any atom is 0.440 e. The Bertz CT molecular complexity index is 522. The van der Waals surface area contributed by atoms with Crippen LogP contribution in [-0.2, 0) is 33.3 Å². The molecule has 0 radical (unpaired) electrons. The Labute approximate surface area is 157 Å². The Kier molecular flexibility index (Phi) is 12.9. The quantitative estimate of drug-likeness (QED) is 0.127. The van der Waals surface area contributed by atoms with E-state index in [1.807, 2.05) is 0 Å². The van der Waals surface area contributed by atoms with Gasteiger partial charge in [0, 0.05) is 12.1 Å². The minimum absolute atomic E-state index is 0.0483. The summed E-state index contributed by atoms with van der Waals surface area (Å²) in [7, 11) is 0. The number of alkyl carbamates (subject to hydrolysis) is 1. The summed E-state index contributed by atoms with van der Waals surface area (Å²) in [5, 5.41) is 2.44. The lowest BCUT2D eigenvalue weighted by Crippen LogP contribution is -2.32. The molecule has 0 aromatic heterocycles. The standard InChI is InChI=1S/C16H26N2O9/c1-11(2)14(19)27-18-16(21)23-8-13(5)25-10-26-15(20)17-6-7-22-9-24-12(3)4/h13H,1,3,6-10H2,2,4-5H3,(H,17,20)(H,18,21). The number of allylic oxidation sites excluding steroid dienone is 1. The first kappa shape index (κ1) is 24.2. The number of carbonyl (C=O) groups excluding carboxylic acids is 3. The Morgan fingerprint density at radius 1 is 1.00 bits per heavy atom. The van der Waals surface area contributed by atoms with E-state index in [1.54, 1.807) is 19.3 Å². The summed E-state index contributed by atoms with van der Waals surface area (Å²) in [6, 6.07) is 0. The fraction of sp³-hybridized carbons (Fsp3) is 0.562. The van der Waals surface area contributed by atoms with Gasteiger partial charge in [0.25, 0.3) is 0 Å². The normalized spacial score (nSPS) is 10.9. The van der Waals surface area contributed by atoms with Crippen LogP contribution in [0.2, 0.25) is 0 Å². The molecule has 0 fully saturated rings. The highest BCUT2D eigenvalue weighted by Gasteiger charge is 2.11. The second kappa shape index (κ2) is 14.4. The van der Waals surface area contributed by atoms with Crippen molar-refractivity contribution >= 4 is 18.2 Å². The summed E-state index contributed by atoms with van der Waals surface area (Å²) in [6.45, 7) is 11.6. The second-order valence-corrected chi connectivity index (χ2v) is 5.20. The van der Waals surface area contributed by atoms with E-state index in [4.69, 9.17) is 23.7 Å². The molecule has 0 aromatic carbocycles. The molecule has 154 valence electrons. The molecule has 1 unspecified atom stereocenters. The summed E-state index contributed by atoms with van der Waals surface area (Å²) in [5.41, 5.74) is 1.91. The molecule has 0 rings (SSSR count). The predicted molar refractivity (Wildman–Crippen MR) is 92.0 cm³/mol. The lowest BCUT2D eigenvalue weighted by atomic mass is 10.4. The molecule has 11 heteroatoms. The van der Waals surface area contributed by atoms with E-state index in [2.05, 4.69) is 23.3 Å². The van der Waals surface area contributed by atoms with Crippen LogP contribution in [0.3, 0.4) is 0 Å². The van der Waals surface area contributed by atoms with Crippen molar-refractivity contribution in [1.82, 2.24) is 10.8 Å². The predicted octanol–water partition coefficient (Wildman–Crippen LogP) is 1.36. The monoisotopic (exact) mass is 390 g/mol. The molecule has 11 nitrogen and oxygen atoms in total. The topological polar surface area (TPSA) is 131 Å². The van der Waals surface area contributed by atoms with E-state index in [9.17, 15) is 14.4 Å². The fourth-order valence-corrected chi connectivity index (χ4v) is 1.13. The number of hydrogen-bond donors (Lipinski definition) is 2. The molecular weight excluding hydrogens is 364 g/mol. The average Bonchev–Trinajstić information content (AvgIpc) is 2.60. The van der Waals surface area contributed by atoms with Crippen molar-refractivity contribution in [1.29, 1.82) is 0 Å². The van der Waals surface area contributed by atoms with E-state index >= 15 is 0 Å². The summed E-state index contributed by atoms with van der Waals surface area (Å²) in [6.07, 6.45) is -2.24. The van der Waals surface area contributed by atoms with E-state index in [1.165, 1.54) is 6.92 Å². The van der Waals surface area contributed by atoms with Gasteiger partial charge in [0.05, 0.1) is 18.5 Å². The van der Waals surface area contributed by atoms with Crippen LogP contribution in [0.4, 0.5) is 9.59 Å². The Balaban J connectivity index is 3.63. The van der Waals surface area contributed by atoms with Crippen LogP contribution in [0.25, 0.3) is 0 Å². The van der Waals surface area contributed by atoms with Crippen molar-refractivity contribution in [2.24, 2.45) is 0 Å². The molecule has 0 heterocycles. The van der Waals surface area contributed by atoms with Gasteiger partial charge in [0.1, 0.15) is 6.61 Å². The molecule has 0 spiro atoms. The van der Waals surface area contributed by atoms with Gasteiger partial charge in [-0.25, -0.2) is 14.4 Å². The highest BCUT2D eigenvalue weighted by atomic mass is 16.7. The molecule has 2 amide bonds. The summed E-state index contributed by atoms with van der Waals surface area (Å²) in [4.78, 5) is 38.1. The molecule has 27 heavy (non-hydrogen) atoms. The minimum atomic E-state index is -0.977. The van der Waals surface area contributed by atoms with Gasteiger partial charge >= 0.3 is 18.2 Å². The van der Waals surface area contributed by atoms with Crippen molar-refractivity contribution < 1.29 is 42.9 Å². The Hall–Kier alpha value is -2.79. The molecular formula is C16H26N2O9. The Morgan fingerprint density at radius 2 is 1.70 bits per heavy atom. The van der Waals surface area contributed by atoms with Crippen molar-refractivity contribution in [3.63, 3.8) is 0 Å². The maximum atomic E-state index is 11.4. The third-order valence-corrected chi connectivity index (χ3v) is 2.47. The van der Waals surface area contributed by atoms with Crippen molar-refractivity contribution in [3.8, 4) is 0 Å². The maximum absolute atomic E-state index is 11.4. The van der Waals surface area contributed by atoms with Crippen LogP contribution in [0, 0.1) is 0 Å². The SMILES string of the molecule is C=C(C)OCOCCNC(=O)OCOC(C)COC(=O)NOC(=O)C(=C)C. The first-order valence-electron chi connectivity index (χ1n) is 7.90. The van der Waals surface area contributed by atoms with Crippen LogP contribution in [0.15, 0.2) is 24.5 Å². The number of nitrogens with one attached hydrogen (secondary N) is 2. The molecule has 0 aliphatic rings. The van der Waals surface area contributed by atoms with Gasteiger partial charge in [0.2, 0.25) is 0 Å². The van der Waals surface area contributed by atoms with Gasteiger partial charge in [0.15, 0.2) is 13.6 Å². The molecule has 1 atom stereocenters. The smallest absolute Gasteiger partial charge is 0.440 e. The zero-order valence-electron chi connectivity index (χ0n) is 15.7. The summed E-state index contributed by atoms with van der Waals surface area (Å²) in [5.74, 6) is -0.257. The number of hydroxylamine groups is 1. The number of rotatable bonds is 12. The largest absolute Gasteiger partial charge is 0.473 e. The number of hydrogen-bond acceptors (Lipinski definition) is 9. The molecule has 0 aliphatic heterocycles. The highest BCUT2D eigenvalue weighted by molar-refractivity contribution is 5.87. The van der Waals surface area contributed by atoms with E-state index in [0.29, 0.717) is 5.76 Å². The lowest BCUT2D eigenvalue weighted by Gasteiger charge is -2.14. The van der Waals surface area contributed by atoms with Gasteiger partial charge in [-0.3, -0.25) is 0 Å². The molecule has 0 bridgehead atoms. The number of amides is 2. The number of ether oxygens (including phenoxy) is 5. The van der Waals surface area contributed by atoms with Crippen LogP contribution in [0.1, 0.15) is 20.8 Å². The fourth-order valence-electron chi connectivity index (χ4n) is 1.13. The molecule has 2 N–H and O–H groups in total.